The molecule has 1 aromatic heterocycles. The minimum Gasteiger partial charge on any atom is -0.357 e. The zero-order chi connectivity index (χ0) is 29.6. The molecular formula is C26H22ClF3N4O5S. The summed E-state index contributed by atoms with van der Waals surface area (Å²) in [4.78, 5) is 45.4. The third-order valence-electron chi connectivity index (χ3n) is 6.43. The fourth-order valence-corrected chi connectivity index (χ4v) is 5.22. The minimum atomic E-state index is -5.64. The van der Waals surface area contributed by atoms with E-state index in [9.17, 15) is 36.0 Å². The highest BCUT2D eigenvalue weighted by atomic mass is 35.5. The van der Waals surface area contributed by atoms with Gasteiger partial charge in [-0.25, -0.2) is 18.1 Å². The van der Waals surface area contributed by atoms with Gasteiger partial charge in [0.1, 0.15) is 11.6 Å². The van der Waals surface area contributed by atoms with Gasteiger partial charge in [0.2, 0.25) is 5.91 Å². The number of nitrogens with zero attached hydrogens (tertiary/aromatic N) is 3. The number of halogens is 4. The quantitative estimate of drug-likeness (QED) is 0.413. The maximum atomic E-state index is 13.7. The van der Waals surface area contributed by atoms with Gasteiger partial charge in [-0.15, -0.1) is 0 Å². The lowest BCUT2D eigenvalue weighted by Crippen LogP contribution is -2.50. The predicted molar refractivity (Wildman–Crippen MR) is 140 cm³/mol. The van der Waals surface area contributed by atoms with Gasteiger partial charge in [0.15, 0.2) is 0 Å². The summed E-state index contributed by atoms with van der Waals surface area (Å²) >= 11 is 5.97. The minimum absolute atomic E-state index is 0.168. The highest BCUT2D eigenvalue weighted by molar-refractivity contribution is 7.92. The highest BCUT2D eigenvalue weighted by Crippen LogP contribution is 2.40. The molecule has 1 atom stereocenters. The predicted octanol–water partition coefficient (Wildman–Crippen LogP) is 4.73. The van der Waals surface area contributed by atoms with Crippen molar-refractivity contribution >= 4 is 45.0 Å². The van der Waals surface area contributed by atoms with E-state index in [1.165, 1.54) is 33.2 Å². The number of nitrogens with one attached hydrogen (secondary N) is 1. The van der Waals surface area contributed by atoms with Crippen LogP contribution in [-0.4, -0.2) is 54.2 Å². The number of hydrogen-bond donors (Lipinski definition) is 1. The smallest absolute Gasteiger partial charge is 0.357 e. The lowest BCUT2D eigenvalue weighted by molar-refractivity contribution is -0.129. The van der Waals surface area contributed by atoms with Crippen LogP contribution < -0.4 is 10.2 Å². The summed E-state index contributed by atoms with van der Waals surface area (Å²) in [7, 11) is -4.27. The van der Waals surface area contributed by atoms with Crippen LogP contribution in [0.3, 0.4) is 0 Å². The van der Waals surface area contributed by atoms with Crippen molar-refractivity contribution < 1.29 is 36.0 Å². The first-order valence-electron chi connectivity index (χ1n) is 11.6. The number of likely N-dealkylation sites (N-methyl/N-ethyl adjacent to an activating group) is 1. The topological polar surface area (TPSA) is 117 Å². The summed E-state index contributed by atoms with van der Waals surface area (Å²) in [5, 5.41) is 3.01. The van der Waals surface area contributed by atoms with Gasteiger partial charge in [-0.2, -0.15) is 13.2 Å². The fraction of sp³-hybridized carbons (Fsp3) is 0.231. The zero-order valence-electron chi connectivity index (χ0n) is 21.2. The highest BCUT2D eigenvalue weighted by Gasteiger charge is 2.56. The van der Waals surface area contributed by atoms with E-state index < -0.39 is 49.7 Å². The molecule has 1 unspecified atom stereocenters. The van der Waals surface area contributed by atoms with Crippen LogP contribution in [-0.2, 0) is 19.4 Å². The van der Waals surface area contributed by atoms with Gasteiger partial charge in [0.25, 0.3) is 15.7 Å². The maximum absolute atomic E-state index is 13.7. The van der Waals surface area contributed by atoms with E-state index in [0.717, 1.165) is 17.0 Å². The van der Waals surface area contributed by atoms with E-state index >= 15 is 0 Å². The van der Waals surface area contributed by atoms with E-state index in [4.69, 9.17) is 11.6 Å². The summed E-state index contributed by atoms with van der Waals surface area (Å²) < 4.78 is 62.3. The molecule has 4 amide bonds. The van der Waals surface area contributed by atoms with Gasteiger partial charge in [-0.1, -0.05) is 23.7 Å². The maximum Gasteiger partial charge on any atom is 0.501 e. The second-order valence-corrected chi connectivity index (χ2v) is 11.7. The van der Waals surface area contributed by atoms with Crippen molar-refractivity contribution in [2.75, 3.05) is 11.9 Å². The number of amides is 4. The van der Waals surface area contributed by atoms with Crippen LogP contribution >= 0.6 is 11.6 Å². The Bertz CT molecular complexity index is 1590. The first kappa shape index (κ1) is 29.0. The summed E-state index contributed by atoms with van der Waals surface area (Å²) in [6.45, 7) is 2.85. The van der Waals surface area contributed by atoms with Crippen LogP contribution in [0.1, 0.15) is 25.5 Å². The lowest BCUT2D eigenvalue weighted by Gasteiger charge is -2.34. The van der Waals surface area contributed by atoms with Crippen LogP contribution in [0.5, 0.6) is 0 Å². The molecule has 0 saturated carbocycles. The standard InChI is InChI=1S/C26H22ClF3N4O5S/c1-25(2)23(36)33(18-8-10-19(11-9-18)40(38,39)26(28,29)30)24(37)34(25)21(22(35)31-3)16-12-13-32-20(14-16)15-4-6-17(27)7-5-15/h4-14,21H,1-3H3,(H,31,35). The molecule has 3 aromatic rings. The van der Waals surface area contributed by atoms with Gasteiger partial charge in [-0.05, 0) is 67.9 Å². The number of carbonyl (C=O) groups excluding carboxylic acids is 3. The Balaban J connectivity index is 1.76. The number of rotatable bonds is 6. The number of urea groups is 1. The summed E-state index contributed by atoms with van der Waals surface area (Å²) in [5.41, 5.74) is -5.80. The molecule has 40 heavy (non-hydrogen) atoms. The third-order valence-corrected chi connectivity index (χ3v) is 8.18. The average molecular weight is 595 g/mol. The normalized spacial score (nSPS) is 16.3. The van der Waals surface area contributed by atoms with Gasteiger partial charge >= 0.3 is 11.5 Å². The number of pyridine rings is 1. The first-order chi connectivity index (χ1) is 18.6. The van der Waals surface area contributed by atoms with Crippen molar-refractivity contribution in [3.05, 3.63) is 77.4 Å². The molecule has 0 radical (unpaired) electrons. The van der Waals surface area contributed by atoms with Crippen molar-refractivity contribution in [3.8, 4) is 11.3 Å². The van der Waals surface area contributed by atoms with Crippen molar-refractivity contribution in [1.82, 2.24) is 15.2 Å². The Morgan fingerprint density at radius 2 is 1.62 bits per heavy atom. The molecule has 14 heteroatoms. The number of anilines is 1. The third kappa shape index (κ3) is 4.90. The van der Waals surface area contributed by atoms with E-state index in [1.54, 1.807) is 30.3 Å². The molecule has 0 aliphatic carbocycles. The molecule has 4 rings (SSSR count). The van der Waals surface area contributed by atoms with Gasteiger partial charge < -0.3 is 5.32 Å². The largest absolute Gasteiger partial charge is 0.501 e. The number of alkyl halides is 3. The average Bonchev–Trinajstić information content (AvgIpc) is 3.08. The summed E-state index contributed by atoms with van der Waals surface area (Å²) in [5.74, 6) is -1.39. The number of sulfone groups is 1. The molecule has 210 valence electrons. The lowest BCUT2D eigenvalue weighted by atomic mass is 9.96. The molecule has 1 saturated heterocycles. The van der Waals surface area contributed by atoms with Gasteiger partial charge in [-0.3, -0.25) is 19.5 Å². The monoisotopic (exact) mass is 594 g/mol. The van der Waals surface area contributed by atoms with Crippen LogP contribution in [0.25, 0.3) is 11.3 Å². The van der Waals surface area contributed by atoms with Crippen LogP contribution in [0.4, 0.5) is 23.7 Å². The van der Waals surface area contributed by atoms with Crippen molar-refractivity contribution in [1.29, 1.82) is 0 Å². The number of hydrogen-bond acceptors (Lipinski definition) is 6. The van der Waals surface area contributed by atoms with E-state index in [0.29, 0.717) is 38.9 Å². The number of benzene rings is 2. The molecule has 2 aromatic carbocycles. The Morgan fingerprint density at radius 3 is 2.17 bits per heavy atom. The van der Waals surface area contributed by atoms with Crippen molar-refractivity contribution in [2.45, 2.75) is 35.8 Å². The second-order valence-electron chi connectivity index (χ2n) is 9.29. The second kappa shape index (κ2) is 10.2. The Labute approximate surface area is 232 Å². The Kier molecular flexibility index (Phi) is 7.41. The van der Waals surface area contributed by atoms with Crippen molar-refractivity contribution in [2.24, 2.45) is 0 Å². The molecule has 1 aliphatic heterocycles. The molecule has 2 heterocycles. The molecule has 9 nitrogen and oxygen atoms in total. The van der Waals surface area contributed by atoms with Gasteiger partial charge in [0.05, 0.1) is 16.3 Å². The van der Waals surface area contributed by atoms with E-state index in [2.05, 4.69) is 10.3 Å². The summed E-state index contributed by atoms with van der Waals surface area (Å²) in [6, 6.07) is 10.8. The first-order valence-corrected chi connectivity index (χ1v) is 13.5. The van der Waals surface area contributed by atoms with Crippen LogP contribution in [0.15, 0.2) is 71.8 Å². The van der Waals surface area contributed by atoms with Crippen LogP contribution in [0.2, 0.25) is 5.02 Å². The zero-order valence-corrected chi connectivity index (χ0v) is 22.8. The SMILES string of the molecule is CNC(=O)C(c1ccnc(-c2ccc(Cl)cc2)c1)N1C(=O)N(c2ccc(S(=O)(=O)C(F)(F)F)cc2)C(=O)C1(C)C. The number of carbonyl (C=O) groups is 3. The molecule has 1 aliphatic rings. The Morgan fingerprint density at radius 1 is 1.02 bits per heavy atom. The molecular weight excluding hydrogens is 573 g/mol. The molecule has 1 N–H and O–H groups in total. The Hall–Kier alpha value is -3.97. The van der Waals surface area contributed by atoms with E-state index in [-0.39, 0.29) is 5.69 Å². The number of imide groups is 1. The van der Waals surface area contributed by atoms with E-state index in [1.807, 2.05) is 0 Å². The van der Waals surface area contributed by atoms with Gasteiger partial charge in [0, 0.05) is 23.8 Å². The van der Waals surface area contributed by atoms with Crippen LogP contribution in [0, 0.1) is 0 Å². The number of aromatic nitrogens is 1. The molecule has 0 bridgehead atoms. The summed E-state index contributed by atoms with van der Waals surface area (Å²) in [6.07, 6.45) is 1.45. The molecule has 1 fully saturated rings. The fourth-order valence-electron chi connectivity index (χ4n) is 4.33. The molecule has 0 spiro atoms. The van der Waals surface area contributed by atoms with Crippen molar-refractivity contribution in [3.63, 3.8) is 0 Å².